The maximum absolute atomic E-state index is 15.8. The summed E-state index contributed by atoms with van der Waals surface area (Å²) in [6.07, 6.45) is 25.2. The number of hydrogen-bond acceptors (Lipinski definition) is 1. The van der Waals surface area contributed by atoms with E-state index < -0.39 is 47.1 Å². The summed E-state index contributed by atoms with van der Waals surface area (Å²) in [5, 5.41) is 0. The van der Waals surface area contributed by atoms with Crippen molar-refractivity contribution in [1.82, 2.24) is 0 Å². The van der Waals surface area contributed by atoms with Crippen LogP contribution in [0, 0.1) is 82.2 Å². The highest BCUT2D eigenvalue weighted by molar-refractivity contribution is 5.26. The molecule has 2 aromatic carbocycles. The minimum absolute atomic E-state index is 0.0766. The minimum Gasteiger partial charge on any atom is -0.365 e. The number of rotatable bonds is 16. The van der Waals surface area contributed by atoms with Crippen molar-refractivity contribution >= 4 is 0 Å². The Kier molecular flexibility index (Phi) is 15.9. The molecule has 0 heterocycles. The zero-order valence-corrected chi connectivity index (χ0v) is 33.7. The van der Waals surface area contributed by atoms with Gasteiger partial charge in [0, 0.05) is 11.1 Å². The summed E-state index contributed by atoms with van der Waals surface area (Å²) in [6.45, 7) is 4.49. The van der Waals surface area contributed by atoms with E-state index in [0.717, 1.165) is 75.3 Å². The zero-order chi connectivity index (χ0) is 38.9. The Balaban J connectivity index is 1.17. The number of hydrogen-bond donors (Lipinski definition) is 0. The molecular formula is C48H68F6O. The second-order valence-corrected chi connectivity index (χ2v) is 18.4. The fraction of sp³-hybridized carbons (Fsp3) is 0.750. The van der Waals surface area contributed by atoms with E-state index in [9.17, 15) is 17.6 Å². The van der Waals surface area contributed by atoms with Crippen molar-refractivity contribution in [2.75, 3.05) is 0 Å². The number of unbranched alkanes of at least 4 members (excludes halogenated alkanes) is 4. The van der Waals surface area contributed by atoms with E-state index in [1.165, 1.54) is 115 Å². The van der Waals surface area contributed by atoms with Crippen LogP contribution in [-0.4, -0.2) is 0 Å². The Labute approximate surface area is 328 Å². The van der Waals surface area contributed by atoms with Gasteiger partial charge in [0.2, 0.25) is 0 Å². The molecule has 2 aromatic rings. The molecule has 0 bridgehead atoms. The average molecular weight is 775 g/mol. The third-order valence-corrected chi connectivity index (χ3v) is 15.1. The molecule has 2 atom stereocenters. The van der Waals surface area contributed by atoms with Crippen molar-refractivity contribution < 1.29 is 31.1 Å². The molecule has 4 aliphatic rings. The van der Waals surface area contributed by atoms with E-state index in [-0.39, 0.29) is 23.0 Å². The average Bonchev–Trinajstić information content (AvgIpc) is 3.21. The fourth-order valence-electron chi connectivity index (χ4n) is 11.7. The van der Waals surface area contributed by atoms with E-state index in [1.54, 1.807) is 0 Å². The molecular weight excluding hydrogens is 707 g/mol. The first-order chi connectivity index (χ1) is 26.7. The topological polar surface area (TPSA) is 9.23 Å². The molecule has 6 rings (SSSR count). The van der Waals surface area contributed by atoms with Gasteiger partial charge in [0.1, 0.15) is 0 Å². The predicted octanol–water partition coefficient (Wildman–Crippen LogP) is 15.7. The highest BCUT2D eigenvalue weighted by Crippen LogP contribution is 2.51. The molecule has 4 fully saturated rings. The second-order valence-electron chi connectivity index (χ2n) is 18.4. The van der Waals surface area contributed by atoms with Gasteiger partial charge >= 0.3 is 0 Å². The van der Waals surface area contributed by atoms with Gasteiger partial charge in [-0.1, -0.05) is 103 Å². The SMILES string of the molecule is CCCCC[C@H]1CC[C@H]([C@H]2CC[C@H](C(OC(c3ccc(F)c(F)c3F)[C@H]3CC[C@H]([C@H]4CC[C@H](CCCCC)CC4)CC3)c3ccc(F)c(F)c3F)CC2)CC1. The van der Waals surface area contributed by atoms with Crippen LogP contribution in [0.4, 0.5) is 26.3 Å². The van der Waals surface area contributed by atoms with Gasteiger partial charge in [0.05, 0.1) is 12.2 Å². The molecule has 0 N–H and O–H groups in total. The Bertz CT molecular complexity index is 1350. The van der Waals surface area contributed by atoms with E-state index in [0.29, 0.717) is 23.7 Å². The molecule has 308 valence electrons. The number of halogens is 6. The van der Waals surface area contributed by atoms with E-state index in [2.05, 4.69) is 13.8 Å². The zero-order valence-electron chi connectivity index (χ0n) is 33.7. The third kappa shape index (κ3) is 10.7. The van der Waals surface area contributed by atoms with Gasteiger partial charge < -0.3 is 4.74 Å². The van der Waals surface area contributed by atoms with Gasteiger partial charge in [0.25, 0.3) is 0 Å². The van der Waals surface area contributed by atoms with Gasteiger partial charge in [0.15, 0.2) is 34.9 Å². The van der Waals surface area contributed by atoms with Gasteiger partial charge in [-0.05, 0) is 137 Å². The van der Waals surface area contributed by atoms with E-state index >= 15 is 8.78 Å². The maximum atomic E-state index is 15.8. The summed E-state index contributed by atoms with van der Waals surface area (Å²) in [7, 11) is 0. The first-order valence-corrected chi connectivity index (χ1v) is 22.6. The quantitative estimate of drug-likeness (QED) is 0.0938. The Morgan fingerprint density at radius 2 is 0.764 bits per heavy atom. The van der Waals surface area contributed by atoms with Crippen molar-refractivity contribution in [2.24, 2.45) is 47.3 Å². The highest BCUT2D eigenvalue weighted by Gasteiger charge is 2.41. The molecule has 0 aromatic heterocycles. The summed E-state index contributed by atoms with van der Waals surface area (Å²) in [6, 6.07) is 4.40. The summed E-state index contributed by atoms with van der Waals surface area (Å²) < 4.78 is 96.8. The third-order valence-electron chi connectivity index (χ3n) is 15.1. The van der Waals surface area contributed by atoms with Crippen LogP contribution in [-0.2, 0) is 4.74 Å². The van der Waals surface area contributed by atoms with Gasteiger partial charge in [-0.2, -0.15) is 0 Å². The molecule has 55 heavy (non-hydrogen) atoms. The Morgan fingerprint density at radius 1 is 0.436 bits per heavy atom. The summed E-state index contributed by atoms with van der Waals surface area (Å²) in [5.41, 5.74) is -0.153. The summed E-state index contributed by atoms with van der Waals surface area (Å²) in [4.78, 5) is 0. The van der Waals surface area contributed by atoms with Crippen LogP contribution in [0.25, 0.3) is 0 Å². The van der Waals surface area contributed by atoms with Crippen molar-refractivity contribution in [3.8, 4) is 0 Å². The maximum Gasteiger partial charge on any atom is 0.194 e. The molecule has 0 amide bonds. The predicted molar refractivity (Wildman–Crippen MR) is 209 cm³/mol. The van der Waals surface area contributed by atoms with E-state index in [1.807, 2.05) is 0 Å². The minimum atomic E-state index is -1.55. The highest BCUT2D eigenvalue weighted by atomic mass is 19.2. The van der Waals surface area contributed by atoms with Crippen LogP contribution in [0.3, 0.4) is 0 Å². The first kappa shape index (κ1) is 42.6. The number of benzene rings is 2. The van der Waals surface area contributed by atoms with Crippen molar-refractivity contribution in [2.45, 2.75) is 180 Å². The largest absolute Gasteiger partial charge is 0.365 e. The summed E-state index contributed by atoms with van der Waals surface area (Å²) >= 11 is 0. The smallest absolute Gasteiger partial charge is 0.194 e. The van der Waals surface area contributed by atoms with Crippen LogP contribution in [0.15, 0.2) is 24.3 Å². The van der Waals surface area contributed by atoms with E-state index in [4.69, 9.17) is 4.74 Å². The Hall–Kier alpha value is -2.02. The van der Waals surface area contributed by atoms with Crippen LogP contribution in [0.2, 0.25) is 0 Å². The molecule has 0 saturated heterocycles. The monoisotopic (exact) mass is 775 g/mol. The van der Waals surface area contributed by atoms with Crippen LogP contribution in [0.1, 0.15) is 191 Å². The summed E-state index contributed by atoms with van der Waals surface area (Å²) in [5.74, 6) is -4.53. The molecule has 0 aliphatic heterocycles. The lowest BCUT2D eigenvalue weighted by Crippen LogP contribution is -2.32. The molecule has 7 heteroatoms. The van der Waals surface area contributed by atoms with Crippen molar-refractivity contribution in [3.63, 3.8) is 0 Å². The van der Waals surface area contributed by atoms with Gasteiger partial charge in [-0.3, -0.25) is 0 Å². The van der Waals surface area contributed by atoms with Gasteiger partial charge in [-0.15, -0.1) is 0 Å². The molecule has 1 nitrogen and oxygen atoms in total. The van der Waals surface area contributed by atoms with Crippen molar-refractivity contribution in [3.05, 3.63) is 70.3 Å². The fourth-order valence-corrected chi connectivity index (χ4v) is 11.7. The molecule has 0 spiro atoms. The lowest BCUT2D eigenvalue weighted by Gasteiger charge is -2.43. The number of ether oxygens (including phenoxy) is 1. The van der Waals surface area contributed by atoms with Gasteiger partial charge in [-0.25, -0.2) is 26.3 Å². The van der Waals surface area contributed by atoms with Crippen LogP contribution >= 0.6 is 0 Å². The molecule has 0 radical (unpaired) electrons. The van der Waals surface area contributed by atoms with Crippen LogP contribution < -0.4 is 0 Å². The molecule has 4 aliphatic carbocycles. The standard InChI is InChI=1S/C48H68F6O/c1-3-5-7-9-31-11-15-33(16-12-31)35-19-23-37(24-20-35)47(39-27-29-41(49)45(53)43(39)51)55-48(40-28-30-42(50)46(54)44(40)52)38-25-21-36(22-26-38)34-17-13-32(14-18-34)10-8-6-4-2/h27-38,47-48H,3-26H2,1-2H3/t31-,32-,33-,34-,35-,36-,37-,38-,47?,48?. The lowest BCUT2D eigenvalue weighted by atomic mass is 9.67. The normalized spacial score (nSPS) is 30.3. The first-order valence-electron chi connectivity index (χ1n) is 22.6. The second kappa shape index (κ2) is 20.6. The molecule has 4 saturated carbocycles. The van der Waals surface area contributed by atoms with Crippen molar-refractivity contribution in [1.29, 1.82) is 0 Å². The molecule has 2 unspecified atom stereocenters. The Morgan fingerprint density at radius 3 is 1.09 bits per heavy atom. The van der Waals surface area contributed by atoms with Crippen LogP contribution in [0.5, 0.6) is 0 Å². The lowest BCUT2D eigenvalue weighted by molar-refractivity contribution is -0.0963.